The number of hydrazine groups is 1. The first kappa shape index (κ1) is 20.5. The van der Waals surface area contributed by atoms with Gasteiger partial charge in [-0.15, -0.1) is 11.3 Å². The van der Waals surface area contributed by atoms with Gasteiger partial charge >= 0.3 is 6.18 Å². The summed E-state index contributed by atoms with van der Waals surface area (Å²) in [6, 6.07) is 13.2. The van der Waals surface area contributed by atoms with E-state index in [9.17, 15) is 22.8 Å². The lowest BCUT2D eigenvalue weighted by molar-refractivity contribution is -0.137. The number of aromatic nitrogens is 1. The zero-order chi connectivity index (χ0) is 21.0. The molecule has 0 saturated carbocycles. The van der Waals surface area contributed by atoms with E-state index < -0.39 is 23.6 Å². The second-order valence-electron chi connectivity index (χ2n) is 6.14. The Balaban J connectivity index is 1.57. The summed E-state index contributed by atoms with van der Waals surface area (Å²) in [5.74, 6) is -1.20. The molecule has 0 fully saturated rings. The molecule has 1 aromatic heterocycles. The molecule has 0 unspecified atom stereocenters. The molecule has 150 valence electrons. The molecular weight excluding hydrogens is 403 g/mol. The monoisotopic (exact) mass is 419 g/mol. The number of halogens is 3. The minimum Gasteiger partial charge on any atom is -0.273 e. The average molecular weight is 419 g/mol. The first-order chi connectivity index (χ1) is 13.7. The van der Waals surface area contributed by atoms with E-state index in [-0.39, 0.29) is 12.0 Å². The number of aryl methyl sites for hydroxylation is 1. The van der Waals surface area contributed by atoms with E-state index in [1.165, 1.54) is 11.3 Å². The van der Waals surface area contributed by atoms with Gasteiger partial charge in [-0.3, -0.25) is 20.4 Å². The quantitative estimate of drug-likeness (QED) is 0.625. The first-order valence-corrected chi connectivity index (χ1v) is 9.34. The van der Waals surface area contributed by atoms with Gasteiger partial charge in [0.15, 0.2) is 0 Å². The Labute approximate surface area is 168 Å². The lowest BCUT2D eigenvalue weighted by Crippen LogP contribution is -2.42. The van der Waals surface area contributed by atoms with Crippen molar-refractivity contribution in [3.63, 3.8) is 0 Å². The van der Waals surface area contributed by atoms with Gasteiger partial charge in [-0.05, 0) is 31.2 Å². The van der Waals surface area contributed by atoms with Crippen molar-refractivity contribution in [2.45, 2.75) is 19.5 Å². The van der Waals surface area contributed by atoms with Crippen molar-refractivity contribution in [1.29, 1.82) is 0 Å². The molecule has 1 heterocycles. The smallest absolute Gasteiger partial charge is 0.273 e. The van der Waals surface area contributed by atoms with Crippen LogP contribution in [-0.2, 0) is 17.4 Å². The van der Waals surface area contributed by atoms with Crippen molar-refractivity contribution < 1.29 is 22.8 Å². The zero-order valence-electron chi connectivity index (χ0n) is 15.2. The zero-order valence-corrected chi connectivity index (χ0v) is 16.0. The molecule has 3 rings (SSSR count). The van der Waals surface area contributed by atoms with Crippen molar-refractivity contribution in [1.82, 2.24) is 15.8 Å². The lowest BCUT2D eigenvalue weighted by atomic mass is 10.1. The Hall–Kier alpha value is -3.20. The van der Waals surface area contributed by atoms with Crippen molar-refractivity contribution >= 4 is 23.2 Å². The van der Waals surface area contributed by atoms with Crippen molar-refractivity contribution in [2.24, 2.45) is 0 Å². The van der Waals surface area contributed by atoms with Crippen molar-refractivity contribution in [2.75, 3.05) is 0 Å². The van der Waals surface area contributed by atoms with Gasteiger partial charge in [-0.25, -0.2) is 4.98 Å². The number of nitrogens with one attached hydrogen (secondary N) is 2. The van der Waals surface area contributed by atoms with Gasteiger partial charge in [0, 0.05) is 16.0 Å². The van der Waals surface area contributed by atoms with E-state index in [1.54, 1.807) is 0 Å². The highest BCUT2D eigenvalue weighted by molar-refractivity contribution is 7.15. The second-order valence-corrected chi connectivity index (χ2v) is 7.35. The summed E-state index contributed by atoms with van der Waals surface area (Å²) in [4.78, 5) is 29.5. The summed E-state index contributed by atoms with van der Waals surface area (Å²) in [7, 11) is 0. The molecule has 5 nitrogen and oxygen atoms in total. The Morgan fingerprint density at radius 2 is 1.66 bits per heavy atom. The number of benzene rings is 2. The highest BCUT2D eigenvalue weighted by Gasteiger charge is 2.30. The van der Waals surface area contributed by atoms with Crippen LogP contribution < -0.4 is 10.9 Å². The maximum Gasteiger partial charge on any atom is 0.416 e. The minimum atomic E-state index is -4.48. The highest BCUT2D eigenvalue weighted by atomic mass is 32.1. The van der Waals surface area contributed by atoms with E-state index in [2.05, 4.69) is 15.8 Å². The largest absolute Gasteiger partial charge is 0.416 e. The van der Waals surface area contributed by atoms with Crippen LogP contribution >= 0.6 is 11.3 Å². The molecule has 0 bridgehead atoms. The molecule has 0 aliphatic rings. The molecule has 9 heteroatoms. The maximum atomic E-state index is 12.6. The summed E-state index contributed by atoms with van der Waals surface area (Å²) < 4.78 is 37.7. The highest BCUT2D eigenvalue weighted by Crippen LogP contribution is 2.29. The SMILES string of the molecule is Cc1sc(-c2ccccc2)nc1CC(=O)NNC(=O)c1ccc(C(F)(F)F)cc1. The van der Waals surface area contributed by atoms with E-state index >= 15 is 0 Å². The molecule has 0 spiro atoms. The number of thiazole rings is 1. The maximum absolute atomic E-state index is 12.6. The summed E-state index contributed by atoms with van der Waals surface area (Å²) in [6.45, 7) is 1.85. The third-order valence-corrected chi connectivity index (χ3v) is 5.09. The van der Waals surface area contributed by atoms with Crippen LogP contribution in [-0.4, -0.2) is 16.8 Å². The van der Waals surface area contributed by atoms with Crippen LogP contribution in [0.2, 0.25) is 0 Å². The summed E-state index contributed by atoms with van der Waals surface area (Å²) in [5.41, 5.74) is 5.12. The predicted octanol–water partition coefficient (Wildman–Crippen LogP) is 4.14. The third kappa shape index (κ3) is 5.20. The van der Waals surface area contributed by atoms with Gasteiger partial charge in [-0.2, -0.15) is 13.2 Å². The molecular formula is C20H16F3N3O2S. The normalized spacial score (nSPS) is 11.2. The number of carbonyl (C=O) groups is 2. The van der Waals surface area contributed by atoms with Crippen LogP contribution in [0.4, 0.5) is 13.2 Å². The van der Waals surface area contributed by atoms with Gasteiger partial charge in [0.2, 0.25) is 5.91 Å². The lowest BCUT2D eigenvalue weighted by Gasteiger charge is -2.09. The summed E-state index contributed by atoms with van der Waals surface area (Å²) in [6.07, 6.45) is -4.52. The average Bonchev–Trinajstić information content (AvgIpc) is 3.06. The molecule has 3 aromatic rings. The number of carbonyl (C=O) groups excluding carboxylic acids is 2. The molecule has 0 atom stereocenters. The molecule has 2 amide bonds. The fourth-order valence-electron chi connectivity index (χ4n) is 2.50. The van der Waals surface area contributed by atoms with Gasteiger partial charge in [0.25, 0.3) is 5.91 Å². The van der Waals surface area contributed by atoms with Crippen molar-refractivity contribution in [3.8, 4) is 10.6 Å². The molecule has 0 radical (unpaired) electrons. The fraction of sp³-hybridized carbons (Fsp3) is 0.150. The number of nitrogens with zero attached hydrogens (tertiary/aromatic N) is 1. The van der Waals surface area contributed by atoms with Crippen LogP contribution in [0, 0.1) is 6.92 Å². The van der Waals surface area contributed by atoms with Crippen LogP contribution in [0.1, 0.15) is 26.5 Å². The Bertz CT molecular complexity index is 1020. The molecule has 0 aliphatic heterocycles. The van der Waals surface area contributed by atoms with E-state index in [4.69, 9.17) is 0 Å². The van der Waals surface area contributed by atoms with Gasteiger partial charge in [0.1, 0.15) is 5.01 Å². The number of hydrogen-bond donors (Lipinski definition) is 2. The van der Waals surface area contributed by atoms with Gasteiger partial charge < -0.3 is 0 Å². The topological polar surface area (TPSA) is 71.1 Å². The number of alkyl halides is 3. The number of amides is 2. The first-order valence-electron chi connectivity index (χ1n) is 8.52. The van der Waals surface area contributed by atoms with Crippen LogP contribution in [0.3, 0.4) is 0 Å². The van der Waals surface area contributed by atoms with Gasteiger partial charge in [-0.1, -0.05) is 30.3 Å². The molecule has 0 aliphatic carbocycles. The molecule has 2 N–H and O–H groups in total. The molecule has 2 aromatic carbocycles. The third-order valence-electron chi connectivity index (χ3n) is 4.03. The predicted molar refractivity (Wildman–Crippen MR) is 103 cm³/mol. The van der Waals surface area contributed by atoms with Crippen LogP contribution in [0.5, 0.6) is 0 Å². The van der Waals surface area contributed by atoms with E-state index in [1.807, 2.05) is 37.3 Å². The standard InChI is InChI=1S/C20H16F3N3O2S/c1-12-16(24-19(29-12)14-5-3-2-4-6-14)11-17(27)25-26-18(28)13-7-9-15(10-8-13)20(21,22)23/h2-10H,11H2,1H3,(H,25,27)(H,26,28). The number of hydrogen-bond acceptors (Lipinski definition) is 4. The van der Waals surface area contributed by atoms with Crippen LogP contribution in [0.15, 0.2) is 54.6 Å². The van der Waals surface area contributed by atoms with Crippen LogP contribution in [0.25, 0.3) is 10.6 Å². The Morgan fingerprint density at radius 3 is 2.28 bits per heavy atom. The minimum absolute atomic E-state index is 0.00509. The summed E-state index contributed by atoms with van der Waals surface area (Å²) >= 11 is 1.46. The summed E-state index contributed by atoms with van der Waals surface area (Å²) in [5, 5.41) is 0.791. The number of rotatable bonds is 4. The van der Waals surface area contributed by atoms with Crippen molar-refractivity contribution in [3.05, 3.63) is 76.3 Å². The second kappa shape index (κ2) is 8.44. The van der Waals surface area contributed by atoms with Gasteiger partial charge in [0.05, 0.1) is 17.7 Å². The fourth-order valence-corrected chi connectivity index (χ4v) is 3.44. The molecule has 29 heavy (non-hydrogen) atoms. The Kier molecular flexibility index (Phi) is 5.97. The van der Waals surface area contributed by atoms with E-state index in [0.29, 0.717) is 5.69 Å². The van der Waals surface area contributed by atoms with E-state index in [0.717, 1.165) is 39.7 Å². The molecule has 0 saturated heterocycles. The Morgan fingerprint density at radius 1 is 1.00 bits per heavy atom.